The molecule has 1 amide bonds. The van der Waals surface area contributed by atoms with Crippen molar-refractivity contribution in [3.05, 3.63) is 54.2 Å². The number of benzene rings is 2. The Bertz CT molecular complexity index is 1300. The predicted octanol–water partition coefficient (Wildman–Crippen LogP) is 2.25. The Morgan fingerprint density at radius 1 is 1.00 bits per heavy atom. The molecule has 0 aliphatic rings. The van der Waals surface area contributed by atoms with Crippen LogP contribution in [0.3, 0.4) is 0 Å². The van der Waals surface area contributed by atoms with Crippen LogP contribution in [0.25, 0.3) is 16.9 Å². The second kappa shape index (κ2) is 10.4. The second-order valence-electron chi connectivity index (χ2n) is 7.15. The number of ether oxygens (including phenoxy) is 3. The number of methoxy groups -OCH3 is 2. The van der Waals surface area contributed by atoms with Gasteiger partial charge in [-0.3, -0.25) is 9.59 Å². The maximum Gasteiger partial charge on any atom is 0.325 e. The maximum atomic E-state index is 12.7. The number of sulfone groups is 1. The van der Waals surface area contributed by atoms with Gasteiger partial charge in [0.25, 0.3) is 5.91 Å². The van der Waals surface area contributed by atoms with Crippen molar-refractivity contribution in [2.24, 2.45) is 0 Å². The number of hydrogen-bond acceptors (Lipinski definition) is 8. The van der Waals surface area contributed by atoms with Crippen LogP contribution in [0.4, 0.5) is 0 Å². The first-order chi connectivity index (χ1) is 16.2. The minimum Gasteiger partial charge on any atom is -0.493 e. The summed E-state index contributed by atoms with van der Waals surface area (Å²) in [6, 6.07) is 12.9. The summed E-state index contributed by atoms with van der Waals surface area (Å²) >= 11 is 0. The molecule has 1 N–H and O–H groups in total. The van der Waals surface area contributed by atoms with Gasteiger partial charge in [0.05, 0.1) is 37.1 Å². The first kappa shape index (κ1) is 24.8. The Hall–Kier alpha value is -3.86. The Kier molecular flexibility index (Phi) is 7.57. The summed E-state index contributed by atoms with van der Waals surface area (Å²) in [6.07, 6.45) is 1.12. The highest BCUT2D eigenvalue weighted by atomic mass is 32.2. The molecular formula is C23H25N3O7S. The third-order valence-electron chi connectivity index (χ3n) is 4.83. The molecule has 0 spiro atoms. The standard InChI is InChI=1S/C23H25N3O7S/c1-5-33-22(27)14-24-23(28)18-13-19(15-6-11-20(31-2)21(12-15)32-3)26(25-18)16-7-9-17(10-8-16)34(4,29)30/h6-13H,5,14H2,1-4H3,(H,24,28). The third-order valence-corrected chi connectivity index (χ3v) is 5.96. The van der Waals surface area contributed by atoms with Crippen LogP contribution in [-0.2, 0) is 19.4 Å². The summed E-state index contributed by atoms with van der Waals surface area (Å²) in [4.78, 5) is 24.4. The van der Waals surface area contributed by atoms with Gasteiger partial charge in [-0.15, -0.1) is 0 Å². The van der Waals surface area contributed by atoms with Crippen LogP contribution in [0.5, 0.6) is 11.5 Å². The Balaban J connectivity index is 2.06. The zero-order valence-corrected chi connectivity index (χ0v) is 20.0. The summed E-state index contributed by atoms with van der Waals surface area (Å²) in [5, 5.41) is 6.89. The molecule has 0 radical (unpaired) electrons. The van der Waals surface area contributed by atoms with Crippen LogP contribution in [0.2, 0.25) is 0 Å². The van der Waals surface area contributed by atoms with E-state index in [1.165, 1.54) is 31.0 Å². The molecule has 1 heterocycles. The number of nitrogens with zero attached hydrogens (tertiary/aromatic N) is 2. The molecule has 0 atom stereocenters. The number of aromatic nitrogens is 2. The van der Waals surface area contributed by atoms with Gasteiger partial charge in [-0.1, -0.05) is 0 Å². The van der Waals surface area contributed by atoms with Gasteiger partial charge in [-0.2, -0.15) is 5.10 Å². The number of nitrogens with one attached hydrogen (secondary N) is 1. The molecule has 0 saturated carbocycles. The third kappa shape index (κ3) is 5.54. The molecule has 180 valence electrons. The van der Waals surface area contributed by atoms with E-state index in [2.05, 4.69) is 10.4 Å². The van der Waals surface area contributed by atoms with Crippen molar-refractivity contribution in [2.45, 2.75) is 11.8 Å². The summed E-state index contributed by atoms with van der Waals surface area (Å²) in [6.45, 7) is 1.58. The molecule has 0 aliphatic heterocycles. The van der Waals surface area contributed by atoms with Crippen molar-refractivity contribution in [3.8, 4) is 28.4 Å². The minimum atomic E-state index is -3.38. The molecule has 34 heavy (non-hydrogen) atoms. The summed E-state index contributed by atoms with van der Waals surface area (Å²) in [5.74, 6) is -0.122. The number of carbonyl (C=O) groups excluding carboxylic acids is 2. The van der Waals surface area contributed by atoms with Crippen molar-refractivity contribution < 1.29 is 32.2 Å². The van der Waals surface area contributed by atoms with E-state index in [9.17, 15) is 18.0 Å². The lowest BCUT2D eigenvalue weighted by Gasteiger charge is -2.11. The van der Waals surface area contributed by atoms with Crippen molar-refractivity contribution in [3.63, 3.8) is 0 Å². The van der Waals surface area contributed by atoms with Crippen LogP contribution >= 0.6 is 0 Å². The molecule has 1 aromatic heterocycles. The fraction of sp³-hybridized carbons (Fsp3) is 0.261. The molecular weight excluding hydrogens is 462 g/mol. The average molecular weight is 488 g/mol. The van der Waals surface area contributed by atoms with Gasteiger partial charge < -0.3 is 19.5 Å². The zero-order valence-electron chi connectivity index (χ0n) is 19.2. The van der Waals surface area contributed by atoms with Crippen molar-refractivity contribution >= 4 is 21.7 Å². The second-order valence-corrected chi connectivity index (χ2v) is 9.17. The summed E-state index contributed by atoms with van der Waals surface area (Å²) in [5.41, 5.74) is 1.79. The lowest BCUT2D eigenvalue weighted by molar-refractivity contribution is -0.141. The first-order valence-corrected chi connectivity index (χ1v) is 12.1. The van der Waals surface area contributed by atoms with E-state index in [1.54, 1.807) is 43.3 Å². The van der Waals surface area contributed by atoms with Crippen molar-refractivity contribution in [1.29, 1.82) is 0 Å². The zero-order chi connectivity index (χ0) is 24.9. The fourth-order valence-electron chi connectivity index (χ4n) is 3.18. The van der Waals surface area contributed by atoms with E-state index in [-0.39, 0.29) is 23.7 Å². The normalized spacial score (nSPS) is 11.1. The van der Waals surface area contributed by atoms with Crippen molar-refractivity contribution in [2.75, 3.05) is 33.6 Å². The number of hydrogen-bond donors (Lipinski definition) is 1. The Morgan fingerprint density at radius 2 is 1.68 bits per heavy atom. The van der Waals surface area contributed by atoms with Crippen molar-refractivity contribution in [1.82, 2.24) is 15.1 Å². The summed E-state index contributed by atoms with van der Waals surface area (Å²) in [7, 11) is -0.341. The van der Waals surface area contributed by atoms with Crippen LogP contribution in [-0.4, -0.2) is 63.7 Å². The van der Waals surface area contributed by atoms with Gasteiger partial charge in [0.1, 0.15) is 6.54 Å². The SMILES string of the molecule is CCOC(=O)CNC(=O)c1cc(-c2ccc(OC)c(OC)c2)n(-c2ccc(S(C)(=O)=O)cc2)n1. The molecule has 0 fully saturated rings. The predicted molar refractivity (Wildman–Crippen MR) is 124 cm³/mol. The number of esters is 1. The molecule has 3 rings (SSSR count). The first-order valence-electron chi connectivity index (χ1n) is 10.2. The average Bonchev–Trinajstić information content (AvgIpc) is 3.27. The molecule has 0 bridgehead atoms. The van der Waals surface area contributed by atoms with E-state index in [0.29, 0.717) is 28.4 Å². The quantitative estimate of drug-likeness (QED) is 0.456. The largest absolute Gasteiger partial charge is 0.493 e. The van der Waals surface area contributed by atoms with Crippen LogP contribution < -0.4 is 14.8 Å². The molecule has 0 saturated heterocycles. The lowest BCUT2D eigenvalue weighted by atomic mass is 10.1. The number of rotatable bonds is 9. The van der Waals surface area contributed by atoms with E-state index < -0.39 is 21.7 Å². The highest BCUT2D eigenvalue weighted by Crippen LogP contribution is 2.33. The van der Waals surface area contributed by atoms with Gasteiger partial charge in [-0.05, 0) is 55.5 Å². The molecule has 3 aromatic rings. The number of carbonyl (C=O) groups is 2. The maximum absolute atomic E-state index is 12.7. The lowest BCUT2D eigenvalue weighted by Crippen LogP contribution is -2.31. The van der Waals surface area contributed by atoms with E-state index >= 15 is 0 Å². The highest BCUT2D eigenvalue weighted by Gasteiger charge is 2.19. The van der Waals surface area contributed by atoms with Crippen LogP contribution in [0, 0.1) is 0 Å². The summed E-state index contributed by atoms with van der Waals surface area (Å²) < 4.78 is 40.7. The molecule has 10 nitrogen and oxygen atoms in total. The van der Waals surface area contributed by atoms with E-state index in [4.69, 9.17) is 14.2 Å². The molecule has 11 heteroatoms. The van der Waals surface area contributed by atoms with Gasteiger partial charge >= 0.3 is 5.97 Å². The Labute approximate surface area is 197 Å². The van der Waals surface area contributed by atoms with Gasteiger partial charge in [0, 0.05) is 11.8 Å². The van der Waals surface area contributed by atoms with Gasteiger partial charge in [-0.25, -0.2) is 13.1 Å². The molecule has 0 unspecified atom stereocenters. The highest BCUT2D eigenvalue weighted by molar-refractivity contribution is 7.90. The van der Waals surface area contributed by atoms with Crippen LogP contribution in [0.15, 0.2) is 53.4 Å². The van der Waals surface area contributed by atoms with E-state index in [0.717, 1.165) is 6.26 Å². The number of amides is 1. The monoisotopic (exact) mass is 487 g/mol. The smallest absolute Gasteiger partial charge is 0.325 e. The molecule has 0 aliphatic carbocycles. The topological polar surface area (TPSA) is 126 Å². The van der Waals surface area contributed by atoms with Crippen LogP contribution in [0.1, 0.15) is 17.4 Å². The van der Waals surface area contributed by atoms with Gasteiger partial charge in [0.15, 0.2) is 27.0 Å². The van der Waals surface area contributed by atoms with Gasteiger partial charge in [0.2, 0.25) is 0 Å². The minimum absolute atomic E-state index is 0.0567. The van der Waals surface area contributed by atoms with E-state index in [1.807, 2.05) is 0 Å². The molecule has 2 aromatic carbocycles. The Morgan fingerprint density at radius 3 is 2.26 bits per heavy atom. The fourth-order valence-corrected chi connectivity index (χ4v) is 3.81.